The Bertz CT molecular complexity index is 651. The molecule has 0 bridgehead atoms. The lowest BCUT2D eigenvalue weighted by atomic mass is 9.82. The predicted octanol–water partition coefficient (Wildman–Crippen LogP) is 5.42. The van der Waals surface area contributed by atoms with Gasteiger partial charge in [-0.1, -0.05) is 61.0 Å². The lowest BCUT2D eigenvalue weighted by Gasteiger charge is -2.44. The number of hydrogen-bond donors (Lipinski definition) is 1. The number of benzene rings is 1. The number of rotatable bonds is 9. The van der Waals surface area contributed by atoms with Gasteiger partial charge in [0.1, 0.15) is 11.7 Å². The van der Waals surface area contributed by atoms with Crippen LogP contribution >= 0.6 is 11.6 Å². The molecular formula is C23H32ClNO2. The number of halogens is 1. The van der Waals surface area contributed by atoms with E-state index in [2.05, 4.69) is 49.5 Å². The number of piperidine rings is 1. The first-order chi connectivity index (χ1) is 13.1. The van der Waals surface area contributed by atoms with E-state index in [1.54, 1.807) is 0 Å². The molecule has 1 aromatic rings. The maximum absolute atomic E-state index is 6.59. The topological polar surface area (TPSA) is 30.5 Å². The van der Waals surface area contributed by atoms with E-state index < -0.39 is 5.60 Å². The number of nitrogens with one attached hydrogen (secondary N) is 1. The largest absolute Gasteiger partial charge is 0.369 e. The van der Waals surface area contributed by atoms with Crippen LogP contribution in [0.2, 0.25) is 5.02 Å². The van der Waals surface area contributed by atoms with E-state index in [4.69, 9.17) is 21.1 Å². The van der Waals surface area contributed by atoms with Gasteiger partial charge in [0, 0.05) is 11.6 Å². The molecule has 0 amide bonds. The van der Waals surface area contributed by atoms with Gasteiger partial charge in [0.2, 0.25) is 0 Å². The van der Waals surface area contributed by atoms with Gasteiger partial charge in [0.25, 0.3) is 0 Å². The molecule has 2 rings (SSSR count). The van der Waals surface area contributed by atoms with E-state index in [-0.39, 0.29) is 6.10 Å². The van der Waals surface area contributed by atoms with Crippen LogP contribution in [0.1, 0.15) is 39.2 Å². The van der Waals surface area contributed by atoms with Crippen molar-refractivity contribution in [2.24, 2.45) is 0 Å². The van der Waals surface area contributed by atoms with Gasteiger partial charge in [-0.25, -0.2) is 0 Å². The zero-order chi connectivity index (χ0) is 19.5. The van der Waals surface area contributed by atoms with E-state index in [9.17, 15) is 0 Å². The average Bonchev–Trinajstić information content (AvgIpc) is 2.69. The van der Waals surface area contributed by atoms with Crippen molar-refractivity contribution in [1.82, 2.24) is 5.32 Å². The van der Waals surface area contributed by atoms with E-state index in [1.807, 2.05) is 31.2 Å². The van der Waals surface area contributed by atoms with Gasteiger partial charge in [-0.3, -0.25) is 0 Å². The Morgan fingerprint density at radius 2 is 2.07 bits per heavy atom. The van der Waals surface area contributed by atoms with Crippen molar-refractivity contribution < 1.29 is 9.47 Å². The van der Waals surface area contributed by atoms with Crippen LogP contribution in [0.3, 0.4) is 0 Å². The molecule has 1 fully saturated rings. The van der Waals surface area contributed by atoms with Crippen LogP contribution in [0, 0.1) is 0 Å². The molecule has 1 aliphatic heterocycles. The Morgan fingerprint density at radius 1 is 1.30 bits per heavy atom. The highest BCUT2D eigenvalue weighted by Crippen LogP contribution is 2.37. The molecule has 0 aliphatic carbocycles. The molecule has 0 aromatic heterocycles. The molecule has 1 heterocycles. The van der Waals surface area contributed by atoms with Gasteiger partial charge in [-0.15, -0.1) is 0 Å². The molecule has 1 saturated heterocycles. The highest BCUT2D eigenvalue weighted by atomic mass is 35.5. The highest BCUT2D eigenvalue weighted by Gasteiger charge is 2.44. The Morgan fingerprint density at radius 3 is 2.78 bits per heavy atom. The predicted molar refractivity (Wildman–Crippen MR) is 114 cm³/mol. The Kier molecular flexibility index (Phi) is 9.29. The van der Waals surface area contributed by atoms with Gasteiger partial charge >= 0.3 is 0 Å². The van der Waals surface area contributed by atoms with Crippen molar-refractivity contribution in [3.8, 4) is 0 Å². The van der Waals surface area contributed by atoms with Gasteiger partial charge < -0.3 is 14.8 Å². The molecule has 27 heavy (non-hydrogen) atoms. The number of ether oxygens (including phenoxy) is 2. The summed E-state index contributed by atoms with van der Waals surface area (Å²) in [5.74, 6) is 0. The molecule has 0 spiro atoms. The first kappa shape index (κ1) is 21.9. The molecule has 0 saturated carbocycles. The van der Waals surface area contributed by atoms with E-state index in [1.165, 1.54) is 5.57 Å². The number of allylic oxidation sites excluding steroid dienone is 4. The molecule has 0 radical (unpaired) electrons. The summed E-state index contributed by atoms with van der Waals surface area (Å²) >= 11 is 6.13. The maximum atomic E-state index is 6.59. The normalized spacial score (nSPS) is 24.1. The zero-order valence-corrected chi connectivity index (χ0v) is 17.5. The van der Waals surface area contributed by atoms with Crippen LogP contribution < -0.4 is 5.32 Å². The molecule has 2 atom stereocenters. The Balaban J connectivity index is 2.28. The lowest BCUT2D eigenvalue weighted by molar-refractivity contribution is -0.156. The summed E-state index contributed by atoms with van der Waals surface area (Å²) in [6.45, 7) is 9.05. The second-order valence-corrected chi connectivity index (χ2v) is 7.32. The third kappa shape index (κ3) is 6.32. The molecule has 3 nitrogen and oxygen atoms in total. The zero-order valence-electron chi connectivity index (χ0n) is 16.7. The van der Waals surface area contributed by atoms with E-state index in [0.717, 1.165) is 36.5 Å². The lowest BCUT2D eigenvalue weighted by Crippen LogP contribution is -2.55. The minimum absolute atomic E-state index is 0.0663. The van der Waals surface area contributed by atoms with E-state index >= 15 is 0 Å². The minimum Gasteiger partial charge on any atom is -0.369 e. The van der Waals surface area contributed by atoms with Crippen LogP contribution in [0.4, 0.5) is 0 Å². The standard InChI is InChI=1S/C23H32ClNO2/c1-4-6-8-16-26-22-17-25-15-14-23(22,20-10-12-21(24)13-11-20)27-18-19(3)9-7-5-2/h5-13,22,25H,4,14-18H2,1-3H3/b7-5-,8-6+,19-9+. The quantitative estimate of drug-likeness (QED) is 0.452. The molecule has 4 heteroatoms. The van der Waals surface area contributed by atoms with E-state index in [0.29, 0.717) is 13.2 Å². The fourth-order valence-electron chi connectivity index (χ4n) is 3.29. The van der Waals surface area contributed by atoms with Crippen LogP contribution in [0.5, 0.6) is 0 Å². The second kappa shape index (κ2) is 11.5. The Hall–Kier alpha value is -1.39. The van der Waals surface area contributed by atoms with Gasteiger partial charge in [0.15, 0.2) is 0 Å². The summed E-state index contributed by atoms with van der Waals surface area (Å²) < 4.78 is 12.8. The monoisotopic (exact) mass is 389 g/mol. The first-order valence-electron chi connectivity index (χ1n) is 9.78. The molecule has 1 aliphatic rings. The fourth-order valence-corrected chi connectivity index (χ4v) is 3.42. The molecule has 2 unspecified atom stereocenters. The van der Waals surface area contributed by atoms with Crippen molar-refractivity contribution in [1.29, 1.82) is 0 Å². The number of hydrogen-bond acceptors (Lipinski definition) is 3. The van der Waals surface area contributed by atoms with Gasteiger partial charge in [-0.05, 0) is 56.5 Å². The van der Waals surface area contributed by atoms with Crippen molar-refractivity contribution in [3.05, 3.63) is 70.8 Å². The molecule has 1 N–H and O–H groups in total. The van der Waals surface area contributed by atoms with Crippen molar-refractivity contribution in [2.75, 3.05) is 26.3 Å². The summed E-state index contributed by atoms with van der Waals surface area (Å²) in [5, 5.41) is 4.18. The molecular weight excluding hydrogens is 358 g/mol. The third-order valence-electron chi connectivity index (χ3n) is 4.78. The second-order valence-electron chi connectivity index (χ2n) is 6.88. The summed E-state index contributed by atoms with van der Waals surface area (Å²) in [7, 11) is 0. The van der Waals surface area contributed by atoms with Crippen molar-refractivity contribution in [3.63, 3.8) is 0 Å². The van der Waals surface area contributed by atoms with Gasteiger partial charge in [0.05, 0.1) is 13.2 Å². The summed E-state index contributed by atoms with van der Waals surface area (Å²) in [6.07, 6.45) is 12.2. The van der Waals surface area contributed by atoms with Crippen LogP contribution in [-0.2, 0) is 15.1 Å². The van der Waals surface area contributed by atoms with Crippen LogP contribution in [0.25, 0.3) is 0 Å². The molecule has 148 valence electrons. The maximum Gasteiger partial charge on any atom is 0.122 e. The highest BCUT2D eigenvalue weighted by molar-refractivity contribution is 6.30. The summed E-state index contributed by atoms with van der Waals surface area (Å²) in [6, 6.07) is 8.00. The summed E-state index contributed by atoms with van der Waals surface area (Å²) in [5.41, 5.74) is 1.82. The fraction of sp³-hybridized carbons (Fsp3) is 0.478. The smallest absolute Gasteiger partial charge is 0.122 e. The minimum atomic E-state index is -0.485. The SMILES string of the molecule is C/C=C\C=C(/C)COC1(c2ccc(Cl)cc2)CCNCC1OC/C=C/CC. The molecule has 1 aromatic carbocycles. The Labute approximate surface area is 169 Å². The summed E-state index contributed by atoms with van der Waals surface area (Å²) in [4.78, 5) is 0. The van der Waals surface area contributed by atoms with Crippen LogP contribution in [0.15, 0.2) is 60.2 Å². The van der Waals surface area contributed by atoms with Gasteiger partial charge in [-0.2, -0.15) is 0 Å². The third-order valence-corrected chi connectivity index (χ3v) is 5.03. The van der Waals surface area contributed by atoms with Crippen molar-refractivity contribution in [2.45, 2.75) is 45.3 Å². The average molecular weight is 390 g/mol. The van der Waals surface area contributed by atoms with Crippen molar-refractivity contribution >= 4 is 11.6 Å². The van der Waals surface area contributed by atoms with Crippen LogP contribution in [-0.4, -0.2) is 32.4 Å². The first-order valence-corrected chi connectivity index (χ1v) is 10.2.